The van der Waals surface area contributed by atoms with Crippen LogP contribution in [-0.2, 0) is 11.4 Å². The van der Waals surface area contributed by atoms with E-state index >= 15 is 0 Å². The van der Waals surface area contributed by atoms with Crippen LogP contribution in [0.3, 0.4) is 0 Å². The van der Waals surface area contributed by atoms with Crippen molar-refractivity contribution in [2.75, 3.05) is 14.2 Å². The summed E-state index contributed by atoms with van der Waals surface area (Å²) < 4.78 is 12.9. The zero-order valence-electron chi connectivity index (χ0n) is 12.5. The van der Waals surface area contributed by atoms with Crippen molar-refractivity contribution in [3.8, 4) is 0 Å². The van der Waals surface area contributed by atoms with E-state index < -0.39 is 0 Å². The van der Waals surface area contributed by atoms with Gasteiger partial charge in [-0.15, -0.1) is 0 Å². The number of benzene rings is 2. The average Bonchev–Trinajstić information content (AvgIpc) is 2.55. The van der Waals surface area contributed by atoms with Gasteiger partial charge in [-0.2, -0.15) is 0 Å². The van der Waals surface area contributed by atoms with E-state index in [9.17, 15) is 9.18 Å². The van der Waals surface area contributed by atoms with Gasteiger partial charge in [-0.05, 0) is 35.4 Å². The van der Waals surface area contributed by atoms with Gasteiger partial charge in [-0.3, -0.25) is 4.79 Å². The van der Waals surface area contributed by atoms with Gasteiger partial charge in [0.1, 0.15) is 12.9 Å². The van der Waals surface area contributed by atoms with Crippen LogP contribution in [0.15, 0.2) is 53.7 Å². The number of nitrogens with zero attached hydrogens (tertiary/aromatic N) is 2. The molecule has 2 aromatic carbocycles. The van der Waals surface area contributed by atoms with E-state index in [0.29, 0.717) is 12.1 Å². The molecule has 0 aliphatic rings. The molecule has 0 unspecified atom stereocenters. The minimum absolute atomic E-state index is 0.0976. The second kappa shape index (κ2) is 7.36. The van der Waals surface area contributed by atoms with E-state index in [0.717, 1.165) is 11.1 Å². The molecule has 5 heteroatoms. The van der Waals surface area contributed by atoms with Crippen LogP contribution in [0.1, 0.15) is 21.5 Å². The molecule has 0 bridgehead atoms. The summed E-state index contributed by atoms with van der Waals surface area (Å²) in [5, 5.41) is 3.66. The lowest BCUT2D eigenvalue weighted by Gasteiger charge is -2.17. The Morgan fingerprint density at radius 1 is 1.18 bits per heavy atom. The fourth-order valence-electron chi connectivity index (χ4n) is 1.98. The van der Waals surface area contributed by atoms with Crippen LogP contribution in [0.2, 0.25) is 0 Å². The zero-order chi connectivity index (χ0) is 15.9. The third-order valence-corrected chi connectivity index (χ3v) is 3.14. The number of amides is 1. The maximum Gasteiger partial charge on any atom is 0.253 e. The second-order valence-corrected chi connectivity index (χ2v) is 4.83. The van der Waals surface area contributed by atoms with E-state index in [1.165, 1.54) is 19.2 Å². The first-order valence-corrected chi connectivity index (χ1v) is 6.76. The third-order valence-electron chi connectivity index (χ3n) is 3.14. The predicted octanol–water partition coefficient (Wildman–Crippen LogP) is 3.08. The zero-order valence-corrected chi connectivity index (χ0v) is 12.5. The quantitative estimate of drug-likeness (QED) is 0.629. The first-order chi connectivity index (χ1) is 10.6. The van der Waals surface area contributed by atoms with Crippen molar-refractivity contribution in [1.29, 1.82) is 0 Å². The Hall–Kier alpha value is -2.69. The van der Waals surface area contributed by atoms with Gasteiger partial charge in [0.05, 0.1) is 6.21 Å². The van der Waals surface area contributed by atoms with Crippen molar-refractivity contribution in [1.82, 2.24) is 4.90 Å². The lowest BCUT2D eigenvalue weighted by molar-refractivity contribution is 0.0785. The SMILES string of the molecule is CO/N=C/c1ccc(C(=O)N(C)Cc2ccc(F)cc2)cc1. The lowest BCUT2D eigenvalue weighted by Crippen LogP contribution is -2.26. The number of hydrogen-bond donors (Lipinski definition) is 0. The average molecular weight is 300 g/mol. The van der Waals surface area contributed by atoms with Crippen molar-refractivity contribution < 1.29 is 14.0 Å². The maximum absolute atomic E-state index is 12.9. The molecule has 0 fully saturated rings. The smallest absolute Gasteiger partial charge is 0.253 e. The molecule has 2 rings (SSSR count). The van der Waals surface area contributed by atoms with Gasteiger partial charge in [0.15, 0.2) is 0 Å². The van der Waals surface area contributed by atoms with Crippen LogP contribution in [0.25, 0.3) is 0 Å². The Labute approximate surface area is 128 Å². The van der Waals surface area contributed by atoms with Gasteiger partial charge in [0.2, 0.25) is 0 Å². The fourth-order valence-corrected chi connectivity index (χ4v) is 1.98. The Kier molecular flexibility index (Phi) is 5.25. The van der Waals surface area contributed by atoms with Crippen molar-refractivity contribution in [3.63, 3.8) is 0 Å². The molecular weight excluding hydrogens is 283 g/mol. The maximum atomic E-state index is 12.9. The van der Waals surface area contributed by atoms with Gasteiger partial charge >= 0.3 is 0 Å². The Bertz CT molecular complexity index is 651. The van der Waals surface area contributed by atoms with Gasteiger partial charge < -0.3 is 9.74 Å². The number of rotatable bonds is 5. The van der Waals surface area contributed by atoms with Crippen LogP contribution in [-0.4, -0.2) is 31.2 Å². The normalized spacial score (nSPS) is 10.7. The third kappa shape index (κ3) is 4.15. The monoisotopic (exact) mass is 300 g/mol. The first-order valence-electron chi connectivity index (χ1n) is 6.76. The van der Waals surface area contributed by atoms with E-state index in [1.807, 2.05) is 0 Å². The Balaban J connectivity index is 2.03. The second-order valence-electron chi connectivity index (χ2n) is 4.83. The molecule has 0 atom stereocenters. The van der Waals surface area contributed by atoms with E-state index in [1.54, 1.807) is 54.6 Å². The highest BCUT2D eigenvalue weighted by Crippen LogP contribution is 2.10. The lowest BCUT2D eigenvalue weighted by atomic mass is 10.1. The van der Waals surface area contributed by atoms with Gasteiger partial charge in [0.25, 0.3) is 5.91 Å². The van der Waals surface area contributed by atoms with E-state index in [-0.39, 0.29) is 11.7 Å². The highest BCUT2D eigenvalue weighted by atomic mass is 19.1. The molecule has 0 heterocycles. The Morgan fingerprint density at radius 3 is 2.41 bits per heavy atom. The van der Waals surface area contributed by atoms with Crippen molar-refractivity contribution in [2.45, 2.75) is 6.54 Å². The first kappa shape index (κ1) is 15.7. The molecule has 114 valence electrons. The summed E-state index contributed by atoms with van der Waals surface area (Å²) in [5.41, 5.74) is 2.31. The van der Waals surface area contributed by atoms with Crippen LogP contribution < -0.4 is 0 Å². The van der Waals surface area contributed by atoms with Crippen LogP contribution >= 0.6 is 0 Å². The molecule has 0 spiro atoms. The molecule has 0 aliphatic heterocycles. The van der Waals surface area contributed by atoms with Crippen LogP contribution in [0.4, 0.5) is 4.39 Å². The van der Waals surface area contributed by atoms with Crippen LogP contribution in [0.5, 0.6) is 0 Å². The number of halogens is 1. The summed E-state index contributed by atoms with van der Waals surface area (Å²) in [6.45, 7) is 0.423. The minimum Gasteiger partial charge on any atom is -0.399 e. The molecule has 0 aromatic heterocycles. The van der Waals surface area contributed by atoms with Crippen molar-refractivity contribution in [3.05, 3.63) is 71.0 Å². The number of oxime groups is 1. The summed E-state index contributed by atoms with van der Waals surface area (Å²) >= 11 is 0. The summed E-state index contributed by atoms with van der Waals surface area (Å²) in [7, 11) is 3.19. The van der Waals surface area contributed by atoms with Crippen LogP contribution in [0, 0.1) is 5.82 Å². The van der Waals surface area contributed by atoms with E-state index in [4.69, 9.17) is 0 Å². The molecule has 0 saturated carbocycles. The molecule has 0 radical (unpaired) electrons. The molecule has 1 amide bonds. The largest absolute Gasteiger partial charge is 0.399 e. The van der Waals surface area contributed by atoms with Crippen molar-refractivity contribution in [2.24, 2.45) is 5.16 Å². The summed E-state index contributed by atoms with van der Waals surface area (Å²) in [6, 6.07) is 13.2. The Morgan fingerprint density at radius 2 is 1.82 bits per heavy atom. The van der Waals surface area contributed by atoms with Gasteiger partial charge in [0, 0.05) is 19.2 Å². The molecule has 0 aliphatic carbocycles. The standard InChI is InChI=1S/C17H17FN2O2/c1-20(12-14-5-9-16(18)10-6-14)17(21)15-7-3-13(4-8-15)11-19-22-2/h3-11H,12H2,1-2H3/b19-11+. The van der Waals surface area contributed by atoms with Gasteiger partial charge in [-0.25, -0.2) is 4.39 Å². The highest BCUT2D eigenvalue weighted by Gasteiger charge is 2.11. The minimum atomic E-state index is -0.286. The molecule has 2 aromatic rings. The molecule has 0 saturated heterocycles. The molecule has 0 N–H and O–H groups in total. The predicted molar refractivity (Wildman–Crippen MR) is 83.2 cm³/mol. The molecular formula is C17H17FN2O2. The van der Waals surface area contributed by atoms with Gasteiger partial charge in [-0.1, -0.05) is 29.4 Å². The summed E-state index contributed by atoms with van der Waals surface area (Å²) in [4.78, 5) is 18.5. The van der Waals surface area contributed by atoms with E-state index in [2.05, 4.69) is 9.99 Å². The number of carbonyl (C=O) groups is 1. The number of carbonyl (C=O) groups excluding carboxylic acids is 1. The fraction of sp³-hybridized carbons (Fsp3) is 0.176. The highest BCUT2D eigenvalue weighted by molar-refractivity contribution is 5.94. The molecule has 4 nitrogen and oxygen atoms in total. The summed E-state index contributed by atoms with van der Waals surface area (Å²) in [5.74, 6) is -0.384. The number of hydrogen-bond acceptors (Lipinski definition) is 3. The topological polar surface area (TPSA) is 41.9 Å². The molecule has 22 heavy (non-hydrogen) atoms. The van der Waals surface area contributed by atoms with Crippen molar-refractivity contribution >= 4 is 12.1 Å². The summed E-state index contributed by atoms with van der Waals surface area (Å²) in [6.07, 6.45) is 1.57.